The standard InChI is InChI=1S/C25H31N4O4PS/c1-4-7-18(22-25(2,3)32-24-21(29-22)23(26)27-16-28-24)9-5-8-17-11-13-19(14-12-17)33-34(30,31)20-10-6-15-35-20/h4-10,15-17,19H,11-14H2,1-3H3,(H,30,31)(H2,26,27,28)/b7-4-,8-5+,18-9+/t17-,19-. The van der Waals surface area contributed by atoms with Crippen LogP contribution in [0.1, 0.15) is 46.5 Å². The van der Waals surface area contributed by atoms with Crippen molar-refractivity contribution in [3.63, 3.8) is 0 Å². The third-order valence-electron chi connectivity index (χ3n) is 6.04. The van der Waals surface area contributed by atoms with Gasteiger partial charge in [0, 0.05) is 0 Å². The number of rotatable bonds is 7. The largest absolute Gasteiger partial charge is 0.463 e. The fourth-order valence-electron chi connectivity index (χ4n) is 4.28. The quantitative estimate of drug-likeness (QED) is 0.369. The molecule has 2 aliphatic rings. The van der Waals surface area contributed by atoms with E-state index in [2.05, 4.69) is 16.0 Å². The minimum absolute atomic E-state index is 0.200. The second kappa shape index (κ2) is 10.6. The average molecular weight is 515 g/mol. The summed E-state index contributed by atoms with van der Waals surface area (Å²) in [5, 5.41) is 1.78. The van der Waals surface area contributed by atoms with Gasteiger partial charge in [0.1, 0.15) is 16.5 Å². The molecule has 1 saturated carbocycles. The highest BCUT2D eigenvalue weighted by molar-refractivity contribution is 7.67. The molecule has 2 aromatic heterocycles. The summed E-state index contributed by atoms with van der Waals surface area (Å²) < 4.78 is 24.6. The van der Waals surface area contributed by atoms with Crippen molar-refractivity contribution in [3.8, 4) is 5.88 Å². The number of fused-ring (bicyclic) bond motifs is 1. The Morgan fingerprint density at radius 3 is 2.77 bits per heavy atom. The van der Waals surface area contributed by atoms with Crippen LogP contribution in [-0.4, -0.2) is 32.3 Å². The number of allylic oxidation sites excluding steroid dienone is 5. The number of anilines is 1. The number of nitrogens with two attached hydrogens (primary N) is 1. The molecule has 2 aromatic rings. The van der Waals surface area contributed by atoms with Crippen molar-refractivity contribution in [1.29, 1.82) is 0 Å². The Morgan fingerprint density at radius 2 is 2.09 bits per heavy atom. The van der Waals surface area contributed by atoms with E-state index in [1.54, 1.807) is 17.5 Å². The van der Waals surface area contributed by atoms with Crippen molar-refractivity contribution in [1.82, 2.24) is 9.97 Å². The van der Waals surface area contributed by atoms with Gasteiger partial charge in [0.2, 0.25) is 5.88 Å². The number of aromatic nitrogens is 2. The molecule has 0 saturated heterocycles. The first kappa shape index (κ1) is 25.5. The van der Waals surface area contributed by atoms with Gasteiger partial charge in [-0.2, -0.15) is 4.98 Å². The molecule has 0 bridgehead atoms. The Bertz CT molecular complexity index is 1210. The van der Waals surface area contributed by atoms with E-state index in [0.717, 1.165) is 37.0 Å². The normalized spacial score (nSPS) is 24.1. The van der Waals surface area contributed by atoms with E-state index in [1.165, 1.54) is 17.7 Å². The minimum atomic E-state index is -3.74. The molecule has 0 aromatic carbocycles. The molecule has 3 N–H and O–H groups in total. The summed E-state index contributed by atoms with van der Waals surface area (Å²) in [6.07, 6.45) is 14.7. The number of thiophene rings is 1. The summed E-state index contributed by atoms with van der Waals surface area (Å²) >= 11 is 1.25. The van der Waals surface area contributed by atoms with Crippen LogP contribution < -0.4 is 15.1 Å². The molecular weight excluding hydrogens is 483 g/mol. The summed E-state index contributed by atoms with van der Waals surface area (Å²) in [6.45, 7) is 5.86. The van der Waals surface area contributed by atoms with Gasteiger partial charge in [-0.15, -0.1) is 11.3 Å². The van der Waals surface area contributed by atoms with Crippen molar-refractivity contribution >= 4 is 40.8 Å². The zero-order valence-electron chi connectivity index (χ0n) is 20.1. The van der Waals surface area contributed by atoms with Crippen LogP contribution in [0.3, 0.4) is 0 Å². The Balaban J connectivity index is 1.43. The first-order valence-corrected chi connectivity index (χ1v) is 14.1. The molecule has 35 heavy (non-hydrogen) atoms. The molecule has 1 atom stereocenters. The van der Waals surface area contributed by atoms with Crippen LogP contribution in [-0.2, 0) is 9.09 Å². The van der Waals surface area contributed by atoms with Crippen LogP contribution >= 0.6 is 18.9 Å². The van der Waals surface area contributed by atoms with E-state index in [4.69, 9.17) is 20.0 Å². The topological polar surface area (TPSA) is 120 Å². The number of hydrogen-bond acceptors (Lipinski definition) is 8. The molecule has 8 nitrogen and oxygen atoms in total. The van der Waals surface area contributed by atoms with Gasteiger partial charge in [0.25, 0.3) is 0 Å². The Hall–Kier alpha value is -2.58. The number of nitrogen functional groups attached to an aromatic ring is 1. The maximum Gasteiger partial charge on any atom is 0.368 e. The van der Waals surface area contributed by atoms with Crippen LogP contribution in [0.2, 0.25) is 0 Å². The lowest BCUT2D eigenvalue weighted by Gasteiger charge is -2.32. The van der Waals surface area contributed by atoms with Crippen LogP contribution in [0.4, 0.5) is 11.5 Å². The van der Waals surface area contributed by atoms with Crippen molar-refractivity contribution < 1.29 is 18.7 Å². The van der Waals surface area contributed by atoms with E-state index in [0.29, 0.717) is 22.1 Å². The van der Waals surface area contributed by atoms with E-state index in [1.807, 2.05) is 45.1 Å². The van der Waals surface area contributed by atoms with E-state index in [9.17, 15) is 9.46 Å². The lowest BCUT2D eigenvalue weighted by molar-refractivity contribution is 0.128. The van der Waals surface area contributed by atoms with Crippen molar-refractivity contribution in [2.45, 2.75) is 58.2 Å². The SMILES string of the molecule is C\C=C/C(=C\C=C\[C@H]1CC[C@H](OP(=O)(O)c2cccs2)CC1)C1=Nc2c(N)ncnc2OC1(C)C. The minimum Gasteiger partial charge on any atom is -0.463 e. The van der Waals surface area contributed by atoms with Gasteiger partial charge in [0.15, 0.2) is 11.5 Å². The summed E-state index contributed by atoms with van der Waals surface area (Å²) in [6, 6.07) is 3.41. The van der Waals surface area contributed by atoms with Crippen LogP contribution in [0.15, 0.2) is 64.8 Å². The highest BCUT2D eigenvalue weighted by atomic mass is 32.1. The monoisotopic (exact) mass is 514 g/mol. The highest BCUT2D eigenvalue weighted by Crippen LogP contribution is 2.46. The fourth-order valence-corrected chi connectivity index (χ4v) is 6.58. The van der Waals surface area contributed by atoms with E-state index >= 15 is 0 Å². The molecule has 1 aliphatic carbocycles. The summed E-state index contributed by atoms with van der Waals surface area (Å²) in [5.41, 5.74) is 7.43. The summed E-state index contributed by atoms with van der Waals surface area (Å²) in [5.74, 6) is 1.04. The first-order chi connectivity index (χ1) is 16.7. The van der Waals surface area contributed by atoms with E-state index < -0.39 is 13.2 Å². The predicted molar refractivity (Wildman–Crippen MR) is 141 cm³/mol. The van der Waals surface area contributed by atoms with Gasteiger partial charge in [-0.3, -0.25) is 4.57 Å². The molecule has 0 amide bonds. The molecule has 0 spiro atoms. The number of nitrogens with zero attached hydrogens (tertiary/aromatic N) is 3. The Morgan fingerprint density at radius 1 is 1.31 bits per heavy atom. The number of ether oxygens (including phenoxy) is 1. The maximum atomic E-state index is 12.5. The molecule has 10 heteroatoms. The van der Waals surface area contributed by atoms with Gasteiger partial charge >= 0.3 is 7.60 Å². The van der Waals surface area contributed by atoms with E-state index in [-0.39, 0.29) is 11.9 Å². The molecule has 0 radical (unpaired) electrons. The second-order valence-electron chi connectivity index (χ2n) is 9.11. The molecule has 1 fully saturated rings. The Kier molecular flexibility index (Phi) is 7.71. The lowest BCUT2D eigenvalue weighted by Crippen LogP contribution is -2.41. The third-order valence-corrected chi connectivity index (χ3v) is 9.01. The van der Waals surface area contributed by atoms with Crippen molar-refractivity contribution in [2.75, 3.05) is 5.73 Å². The fraction of sp³-hybridized carbons (Fsp3) is 0.400. The summed E-state index contributed by atoms with van der Waals surface area (Å²) in [4.78, 5) is 23.2. The summed E-state index contributed by atoms with van der Waals surface area (Å²) in [7, 11) is -3.74. The lowest BCUT2D eigenvalue weighted by atomic mass is 9.87. The van der Waals surface area contributed by atoms with Gasteiger partial charge in [-0.05, 0) is 69.4 Å². The molecule has 1 unspecified atom stereocenters. The van der Waals surface area contributed by atoms with Crippen LogP contribution in [0.5, 0.6) is 5.88 Å². The van der Waals surface area contributed by atoms with Crippen LogP contribution in [0, 0.1) is 5.92 Å². The molecule has 1 aliphatic heterocycles. The van der Waals surface area contributed by atoms with Gasteiger partial charge < -0.3 is 19.9 Å². The average Bonchev–Trinajstić information content (AvgIpc) is 3.35. The first-order valence-electron chi connectivity index (χ1n) is 11.6. The number of aliphatic imine (C=N–C) groups is 1. The molecule has 186 valence electrons. The smallest absolute Gasteiger partial charge is 0.368 e. The second-order valence-corrected chi connectivity index (χ2v) is 12.1. The molecular formula is C25H31N4O4PS. The van der Waals surface area contributed by atoms with Gasteiger partial charge in [-0.1, -0.05) is 36.4 Å². The zero-order valence-corrected chi connectivity index (χ0v) is 21.8. The Labute approximate surface area is 209 Å². The maximum absolute atomic E-state index is 12.5. The zero-order chi connectivity index (χ0) is 25.1. The van der Waals surface area contributed by atoms with Crippen molar-refractivity contribution in [3.05, 3.63) is 59.8 Å². The van der Waals surface area contributed by atoms with Crippen molar-refractivity contribution in [2.24, 2.45) is 10.9 Å². The molecule has 4 rings (SSSR count). The highest BCUT2D eigenvalue weighted by Gasteiger charge is 2.35. The van der Waals surface area contributed by atoms with Gasteiger partial charge in [-0.25, -0.2) is 9.98 Å². The third kappa shape index (κ3) is 5.98. The van der Waals surface area contributed by atoms with Gasteiger partial charge in [0.05, 0.1) is 11.8 Å². The number of hydrogen-bond donors (Lipinski definition) is 2. The molecule has 3 heterocycles. The predicted octanol–water partition coefficient (Wildman–Crippen LogP) is 5.51. The van der Waals surface area contributed by atoms with Crippen LogP contribution in [0.25, 0.3) is 0 Å².